The first-order valence-electron chi connectivity index (χ1n) is 4.68. The van der Waals surface area contributed by atoms with E-state index in [0.29, 0.717) is 18.2 Å². The van der Waals surface area contributed by atoms with Crippen LogP contribution in [0.4, 0.5) is 11.8 Å². The fourth-order valence-corrected chi connectivity index (χ4v) is 1.21. The minimum Gasteiger partial charge on any atom is -0.481 e. The molecule has 7 heteroatoms. The lowest BCUT2D eigenvalue weighted by Crippen LogP contribution is -2.05. The monoisotopic (exact) mass is 220 g/mol. The molecule has 0 saturated heterocycles. The van der Waals surface area contributed by atoms with Crippen LogP contribution < -0.4 is 15.8 Å². The lowest BCUT2D eigenvalue weighted by molar-refractivity contribution is 0.398. The van der Waals surface area contributed by atoms with E-state index in [-0.39, 0.29) is 5.95 Å². The van der Waals surface area contributed by atoms with Crippen molar-refractivity contribution in [3.63, 3.8) is 0 Å². The number of aromatic amines is 1. The number of anilines is 2. The molecule has 2 aromatic rings. The predicted molar refractivity (Wildman–Crippen MR) is 58.9 cm³/mol. The molecule has 0 amide bonds. The van der Waals surface area contributed by atoms with Gasteiger partial charge in [0, 0.05) is 12.3 Å². The minimum absolute atomic E-state index is 0.173. The van der Waals surface area contributed by atoms with Gasteiger partial charge in [0.2, 0.25) is 11.8 Å². The Balaban J connectivity index is 2.06. The van der Waals surface area contributed by atoms with Crippen molar-refractivity contribution in [3.8, 4) is 5.88 Å². The smallest absolute Gasteiger partial charge is 0.225 e. The van der Waals surface area contributed by atoms with Gasteiger partial charge in [-0.15, -0.1) is 0 Å². The molecular formula is C9H12N6O. The third-order valence-corrected chi connectivity index (χ3v) is 1.95. The van der Waals surface area contributed by atoms with Gasteiger partial charge in [0.15, 0.2) is 0 Å². The van der Waals surface area contributed by atoms with E-state index in [1.54, 1.807) is 12.3 Å². The lowest BCUT2D eigenvalue weighted by Gasteiger charge is -2.06. The lowest BCUT2D eigenvalue weighted by atomic mass is 10.4. The van der Waals surface area contributed by atoms with Gasteiger partial charge in [-0.2, -0.15) is 15.1 Å². The summed E-state index contributed by atoms with van der Waals surface area (Å²) in [5, 5.41) is 9.75. The largest absolute Gasteiger partial charge is 0.481 e. The molecule has 0 fully saturated rings. The number of rotatable bonds is 4. The molecule has 0 atom stereocenters. The summed E-state index contributed by atoms with van der Waals surface area (Å²) in [5.41, 5.74) is 6.48. The molecule has 2 heterocycles. The SMILES string of the molecule is COc1cc(NCc2ccn[nH]2)nc(N)n1. The molecule has 4 N–H and O–H groups in total. The highest BCUT2D eigenvalue weighted by atomic mass is 16.5. The first-order valence-corrected chi connectivity index (χ1v) is 4.68. The summed E-state index contributed by atoms with van der Waals surface area (Å²) >= 11 is 0. The van der Waals surface area contributed by atoms with Crippen molar-refractivity contribution >= 4 is 11.8 Å². The Labute approximate surface area is 92.1 Å². The van der Waals surface area contributed by atoms with Crippen LogP contribution in [-0.2, 0) is 6.54 Å². The van der Waals surface area contributed by atoms with E-state index in [0.717, 1.165) is 5.69 Å². The van der Waals surface area contributed by atoms with Crippen LogP contribution in [0.3, 0.4) is 0 Å². The normalized spacial score (nSPS) is 10.1. The van der Waals surface area contributed by atoms with Crippen LogP contribution in [0.25, 0.3) is 0 Å². The topological polar surface area (TPSA) is 102 Å². The molecule has 2 aromatic heterocycles. The number of nitrogens with two attached hydrogens (primary N) is 1. The highest BCUT2D eigenvalue weighted by Crippen LogP contribution is 2.14. The average Bonchev–Trinajstić information content (AvgIpc) is 2.78. The van der Waals surface area contributed by atoms with Gasteiger partial charge in [-0.3, -0.25) is 5.10 Å². The van der Waals surface area contributed by atoms with Gasteiger partial charge in [0.25, 0.3) is 0 Å². The molecule has 84 valence electrons. The molecule has 0 aromatic carbocycles. The summed E-state index contributed by atoms with van der Waals surface area (Å²) in [7, 11) is 1.53. The molecule has 0 aliphatic carbocycles. The van der Waals surface area contributed by atoms with E-state index in [4.69, 9.17) is 10.5 Å². The summed E-state index contributed by atoms with van der Waals surface area (Å²) in [6.45, 7) is 0.583. The second-order valence-electron chi connectivity index (χ2n) is 3.09. The predicted octanol–water partition coefficient (Wildman–Crippen LogP) is 0.403. The van der Waals surface area contributed by atoms with E-state index >= 15 is 0 Å². The van der Waals surface area contributed by atoms with Crippen molar-refractivity contribution in [2.24, 2.45) is 0 Å². The van der Waals surface area contributed by atoms with Gasteiger partial charge < -0.3 is 15.8 Å². The van der Waals surface area contributed by atoms with Crippen molar-refractivity contribution in [3.05, 3.63) is 24.0 Å². The van der Waals surface area contributed by atoms with Crippen LogP contribution in [0, 0.1) is 0 Å². The Morgan fingerprint density at radius 2 is 2.38 bits per heavy atom. The molecule has 0 bridgehead atoms. The third kappa shape index (κ3) is 2.38. The Kier molecular flexibility index (Phi) is 2.86. The molecule has 0 radical (unpaired) electrons. The van der Waals surface area contributed by atoms with Crippen LogP contribution in [0.1, 0.15) is 5.69 Å². The molecule has 0 aliphatic heterocycles. The van der Waals surface area contributed by atoms with E-state index in [1.807, 2.05) is 6.07 Å². The molecular weight excluding hydrogens is 208 g/mol. The summed E-state index contributed by atoms with van der Waals surface area (Å²) in [5.74, 6) is 1.21. The van der Waals surface area contributed by atoms with Crippen LogP contribution >= 0.6 is 0 Å². The number of nitrogens with zero attached hydrogens (tertiary/aromatic N) is 3. The zero-order valence-electron chi connectivity index (χ0n) is 8.77. The van der Waals surface area contributed by atoms with Gasteiger partial charge in [-0.25, -0.2) is 0 Å². The number of nitrogens with one attached hydrogen (secondary N) is 2. The first kappa shape index (κ1) is 10.2. The molecule has 16 heavy (non-hydrogen) atoms. The maximum Gasteiger partial charge on any atom is 0.225 e. The van der Waals surface area contributed by atoms with Gasteiger partial charge in [-0.05, 0) is 6.07 Å². The fraction of sp³-hybridized carbons (Fsp3) is 0.222. The van der Waals surface area contributed by atoms with Gasteiger partial charge in [0.1, 0.15) is 5.82 Å². The number of ether oxygens (including phenoxy) is 1. The summed E-state index contributed by atoms with van der Waals surface area (Å²) in [4.78, 5) is 7.90. The van der Waals surface area contributed by atoms with Crippen molar-refractivity contribution in [1.82, 2.24) is 20.2 Å². The number of H-pyrrole nitrogens is 1. The van der Waals surface area contributed by atoms with Crippen LogP contribution in [0.15, 0.2) is 18.3 Å². The number of nitrogen functional groups attached to an aromatic ring is 1. The molecule has 0 aliphatic rings. The van der Waals surface area contributed by atoms with Crippen molar-refractivity contribution < 1.29 is 4.74 Å². The summed E-state index contributed by atoms with van der Waals surface area (Å²) in [6.07, 6.45) is 1.69. The molecule has 0 unspecified atom stereocenters. The van der Waals surface area contributed by atoms with Crippen LogP contribution in [0.5, 0.6) is 5.88 Å². The van der Waals surface area contributed by atoms with Crippen LogP contribution in [0.2, 0.25) is 0 Å². The molecule has 2 rings (SSSR count). The zero-order chi connectivity index (χ0) is 11.4. The fourth-order valence-electron chi connectivity index (χ4n) is 1.21. The van der Waals surface area contributed by atoms with E-state index in [2.05, 4.69) is 25.5 Å². The van der Waals surface area contributed by atoms with E-state index in [9.17, 15) is 0 Å². The summed E-state index contributed by atoms with van der Waals surface area (Å²) < 4.78 is 4.98. The number of aromatic nitrogens is 4. The number of methoxy groups -OCH3 is 1. The quantitative estimate of drug-likeness (QED) is 0.689. The van der Waals surface area contributed by atoms with Gasteiger partial charge in [0.05, 0.1) is 19.3 Å². The van der Waals surface area contributed by atoms with Gasteiger partial charge >= 0.3 is 0 Å². The second-order valence-corrected chi connectivity index (χ2v) is 3.09. The molecule has 0 spiro atoms. The van der Waals surface area contributed by atoms with Crippen LogP contribution in [-0.4, -0.2) is 27.3 Å². The standard InChI is InChI=1S/C9H12N6O/c1-16-8-4-7(13-9(10)14-8)11-5-6-2-3-12-15-6/h2-4H,5H2,1H3,(H,12,15)(H3,10,11,13,14). The Morgan fingerprint density at radius 3 is 3.06 bits per heavy atom. The van der Waals surface area contributed by atoms with Crippen molar-refractivity contribution in [1.29, 1.82) is 0 Å². The Hall–Kier alpha value is -2.31. The highest BCUT2D eigenvalue weighted by Gasteiger charge is 2.02. The zero-order valence-corrected chi connectivity index (χ0v) is 8.77. The maximum atomic E-state index is 5.52. The number of hydrogen-bond donors (Lipinski definition) is 3. The summed E-state index contributed by atoms with van der Waals surface area (Å²) in [6, 6.07) is 3.54. The minimum atomic E-state index is 0.173. The Bertz CT molecular complexity index is 455. The Morgan fingerprint density at radius 1 is 1.50 bits per heavy atom. The second kappa shape index (κ2) is 4.47. The van der Waals surface area contributed by atoms with Crippen molar-refractivity contribution in [2.75, 3.05) is 18.2 Å². The van der Waals surface area contributed by atoms with Gasteiger partial charge in [-0.1, -0.05) is 0 Å². The number of hydrogen-bond acceptors (Lipinski definition) is 6. The average molecular weight is 220 g/mol. The third-order valence-electron chi connectivity index (χ3n) is 1.95. The first-order chi connectivity index (χ1) is 7.78. The van der Waals surface area contributed by atoms with E-state index < -0.39 is 0 Å². The van der Waals surface area contributed by atoms with E-state index in [1.165, 1.54) is 7.11 Å². The molecule has 0 saturated carbocycles. The maximum absolute atomic E-state index is 5.52. The van der Waals surface area contributed by atoms with Crippen molar-refractivity contribution in [2.45, 2.75) is 6.54 Å². The molecule has 7 nitrogen and oxygen atoms in total. The highest BCUT2D eigenvalue weighted by molar-refractivity contribution is 5.42.